The van der Waals surface area contributed by atoms with Crippen molar-refractivity contribution >= 4 is 32.8 Å². The number of benzene rings is 2. The van der Waals surface area contributed by atoms with Crippen LogP contribution in [0.2, 0.25) is 0 Å². The SMILES string of the molecule is C[C@@H]1CN(c2nc3ccc(C(F)(F)F)cc3s2)C[C@H](C)N1C(=O)OC1CC2(C1)CN(Cc1ccccc1)C2. The molecular weight excluding hydrogens is 513 g/mol. The van der Waals surface area contributed by atoms with E-state index in [-0.39, 0.29) is 29.7 Å². The van der Waals surface area contributed by atoms with Crippen LogP contribution < -0.4 is 4.90 Å². The zero-order valence-electron chi connectivity index (χ0n) is 21.4. The maximum Gasteiger partial charge on any atom is 0.416 e. The molecule has 1 amide bonds. The van der Waals surface area contributed by atoms with Crippen LogP contribution in [0.4, 0.5) is 23.1 Å². The Kier molecular flexibility index (Phi) is 6.30. The van der Waals surface area contributed by atoms with Crippen molar-refractivity contribution in [2.45, 2.75) is 57.6 Å². The van der Waals surface area contributed by atoms with Crippen LogP contribution in [0.25, 0.3) is 10.2 Å². The molecular formula is C28H31F3N4O2S. The lowest BCUT2D eigenvalue weighted by molar-refractivity contribution is -0.138. The van der Waals surface area contributed by atoms with Gasteiger partial charge in [0.25, 0.3) is 0 Å². The van der Waals surface area contributed by atoms with Crippen LogP contribution in [-0.4, -0.2) is 65.2 Å². The number of hydrogen-bond donors (Lipinski definition) is 0. The minimum Gasteiger partial charge on any atom is -0.446 e. The van der Waals surface area contributed by atoms with Gasteiger partial charge in [0.05, 0.1) is 27.9 Å². The van der Waals surface area contributed by atoms with E-state index in [1.165, 1.54) is 23.0 Å². The number of rotatable bonds is 4. The number of ether oxygens (including phenoxy) is 1. The molecule has 3 aliphatic rings. The Morgan fingerprint density at radius 3 is 2.42 bits per heavy atom. The van der Waals surface area contributed by atoms with Gasteiger partial charge in [-0.2, -0.15) is 13.2 Å². The molecule has 2 saturated heterocycles. The Balaban J connectivity index is 1.02. The van der Waals surface area contributed by atoms with Gasteiger partial charge in [0.1, 0.15) is 6.10 Å². The Morgan fingerprint density at radius 2 is 1.76 bits per heavy atom. The highest BCUT2D eigenvalue weighted by molar-refractivity contribution is 7.22. The molecule has 2 atom stereocenters. The highest BCUT2D eigenvalue weighted by Gasteiger charge is 2.54. The van der Waals surface area contributed by atoms with Crippen molar-refractivity contribution in [1.29, 1.82) is 0 Å². The van der Waals surface area contributed by atoms with Crippen LogP contribution in [0.1, 0.15) is 37.8 Å². The van der Waals surface area contributed by atoms with Crippen LogP contribution in [-0.2, 0) is 17.5 Å². The normalized spacial score (nSPS) is 23.9. The third-order valence-corrected chi connectivity index (χ3v) is 9.14. The summed E-state index contributed by atoms with van der Waals surface area (Å²) in [5.74, 6) is 0. The number of hydrogen-bond acceptors (Lipinski definition) is 6. The number of likely N-dealkylation sites (tertiary alicyclic amines) is 1. The van der Waals surface area contributed by atoms with Gasteiger partial charge in [0, 0.05) is 38.1 Å². The van der Waals surface area contributed by atoms with E-state index in [1.54, 1.807) is 4.90 Å². The predicted octanol–water partition coefficient (Wildman–Crippen LogP) is 6.02. The summed E-state index contributed by atoms with van der Waals surface area (Å²) < 4.78 is 45.7. The molecule has 1 saturated carbocycles. The lowest BCUT2D eigenvalue weighted by Crippen LogP contribution is -2.64. The topological polar surface area (TPSA) is 48.9 Å². The molecule has 0 bridgehead atoms. The first-order valence-corrected chi connectivity index (χ1v) is 13.9. The Morgan fingerprint density at radius 1 is 1.08 bits per heavy atom. The molecule has 3 heterocycles. The molecule has 202 valence electrons. The van der Waals surface area contributed by atoms with Gasteiger partial charge < -0.3 is 9.64 Å². The lowest BCUT2D eigenvalue weighted by Gasteiger charge is -2.58. The summed E-state index contributed by atoms with van der Waals surface area (Å²) >= 11 is 1.26. The number of nitrogens with zero attached hydrogens (tertiary/aromatic N) is 4. The number of halogens is 3. The first-order valence-electron chi connectivity index (χ1n) is 13.1. The highest BCUT2D eigenvalue weighted by atomic mass is 32.1. The zero-order chi connectivity index (χ0) is 26.7. The fourth-order valence-electron chi connectivity index (χ4n) is 6.37. The quantitative estimate of drug-likeness (QED) is 0.402. The Bertz CT molecular complexity index is 1300. The number of anilines is 1. The molecule has 1 aliphatic carbocycles. The van der Waals surface area contributed by atoms with E-state index >= 15 is 0 Å². The van der Waals surface area contributed by atoms with Crippen molar-refractivity contribution in [3.63, 3.8) is 0 Å². The second-order valence-electron chi connectivity index (χ2n) is 11.2. The number of aromatic nitrogens is 1. The van der Waals surface area contributed by atoms with E-state index in [9.17, 15) is 18.0 Å². The number of fused-ring (bicyclic) bond motifs is 1. The number of amides is 1. The van der Waals surface area contributed by atoms with Crippen molar-refractivity contribution in [2.24, 2.45) is 5.41 Å². The summed E-state index contributed by atoms with van der Waals surface area (Å²) in [6.45, 7) is 8.12. The molecule has 1 aromatic heterocycles. The number of carbonyl (C=O) groups is 1. The molecule has 6 nitrogen and oxygen atoms in total. The van der Waals surface area contributed by atoms with E-state index in [0.29, 0.717) is 28.4 Å². The predicted molar refractivity (Wildman–Crippen MR) is 141 cm³/mol. The van der Waals surface area contributed by atoms with Crippen LogP contribution in [0.15, 0.2) is 48.5 Å². The van der Waals surface area contributed by atoms with Crippen molar-refractivity contribution in [1.82, 2.24) is 14.8 Å². The molecule has 2 aromatic carbocycles. The smallest absolute Gasteiger partial charge is 0.416 e. The van der Waals surface area contributed by atoms with Gasteiger partial charge in [-0.1, -0.05) is 41.7 Å². The standard InChI is InChI=1S/C28H31F3N4O2S/c1-18-13-34(25-32-23-9-8-21(28(29,30)31)10-24(23)38-25)14-19(2)35(18)26(36)37-22-11-27(12-22)16-33(17-27)15-20-6-4-3-5-7-20/h3-10,18-19,22H,11-17H2,1-2H3/t18-,19+. The fourth-order valence-corrected chi connectivity index (χ4v) is 7.39. The molecule has 3 fully saturated rings. The second kappa shape index (κ2) is 9.41. The summed E-state index contributed by atoms with van der Waals surface area (Å²) in [6.07, 6.45) is -2.86. The van der Waals surface area contributed by atoms with Crippen molar-refractivity contribution < 1.29 is 22.7 Å². The highest BCUT2D eigenvalue weighted by Crippen LogP contribution is 2.50. The number of alkyl halides is 3. The van der Waals surface area contributed by atoms with Crippen molar-refractivity contribution in [3.8, 4) is 0 Å². The molecule has 1 spiro atoms. The maximum atomic E-state index is 13.1. The van der Waals surface area contributed by atoms with Gasteiger partial charge in [-0.05, 0) is 50.5 Å². The van der Waals surface area contributed by atoms with Crippen LogP contribution >= 0.6 is 11.3 Å². The molecule has 6 rings (SSSR count). The molecule has 0 unspecified atom stereocenters. The number of carbonyl (C=O) groups excluding carboxylic acids is 1. The molecule has 10 heteroatoms. The average Bonchev–Trinajstić information content (AvgIpc) is 3.24. The van der Waals surface area contributed by atoms with E-state index in [4.69, 9.17) is 4.74 Å². The summed E-state index contributed by atoms with van der Waals surface area (Å²) in [6, 6.07) is 13.9. The molecule has 2 aliphatic heterocycles. The van der Waals surface area contributed by atoms with Gasteiger partial charge in [0.15, 0.2) is 5.13 Å². The minimum atomic E-state index is -4.38. The zero-order valence-corrected chi connectivity index (χ0v) is 22.3. The molecule has 0 N–H and O–H groups in total. The molecule has 38 heavy (non-hydrogen) atoms. The monoisotopic (exact) mass is 544 g/mol. The largest absolute Gasteiger partial charge is 0.446 e. The van der Waals surface area contributed by atoms with Crippen LogP contribution in [0.3, 0.4) is 0 Å². The number of piperazine rings is 1. The third kappa shape index (κ3) is 4.84. The van der Waals surface area contributed by atoms with E-state index < -0.39 is 11.7 Å². The van der Waals surface area contributed by atoms with Gasteiger partial charge in [-0.25, -0.2) is 9.78 Å². The fraction of sp³-hybridized carbons (Fsp3) is 0.500. The van der Waals surface area contributed by atoms with Gasteiger partial charge in [-0.15, -0.1) is 0 Å². The van der Waals surface area contributed by atoms with Crippen LogP contribution in [0, 0.1) is 5.41 Å². The minimum absolute atomic E-state index is 0.0362. The third-order valence-electron chi connectivity index (χ3n) is 8.06. The first-order chi connectivity index (χ1) is 18.1. The Labute approximate surface area is 224 Å². The summed E-state index contributed by atoms with van der Waals surface area (Å²) in [5, 5.41) is 0.678. The van der Waals surface area contributed by atoms with E-state index in [1.807, 2.05) is 19.9 Å². The van der Waals surface area contributed by atoms with Gasteiger partial charge in [-0.3, -0.25) is 9.80 Å². The summed E-state index contributed by atoms with van der Waals surface area (Å²) in [5.41, 5.74) is 1.49. The van der Waals surface area contributed by atoms with Crippen molar-refractivity contribution in [2.75, 3.05) is 31.1 Å². The Hall–Kier alpha value is -2.85. The second-order valence-corrected chi connectivity index (χ2v) is 12.2. The summed E-state index contributed by atoms with van der Waals surface area (Å²) in [7, 11) is 0. The van der Waals surface area contributed by atoms with E-state index in [2.05, 4.69) is 39.0 Å². The van der Waals surface area contributed by atoms with Crippen LogP contribution in [0.5, 0.6) is 0 Å². The van der Waals surface area contributed by atoms with Gasteiger partial charge >= 0.3 is 12.3 Å². The lowest BCUT2D eigenvalue weighted by atomic mass is 9.61. The van der Waals surface area contributed by atoms with Crippen molar-refractivity contribution in [3.05, 3.63) is 59.7 Å². The van der Waals surface area contributed by atoms with Gasteiger partial charge in [0.2, 0.25) is 0 Å². The number of thiazole rings is 1. The molecule has 0 radical (unpaired) electrons. The van der Waals surface area contributed by atoms with E-state index in [0.717, 1.165) is 44.6 Å². The molecule has 3 aromatic rings. The first kappa shape index (κ1) is 25.4. The summed E-state index contributed by atoms with van der Waals surface area (Å²) in [4.78, 5) is 24.0. The maximum absolute atomic E-state index is 13.1. The average molecular weight is 545 g/mol.